The van der Waals surface area contributed by atoms with Crippen molar-refractivity contribution in [2.24, 2.45) is 10.2 Å². The van der Waals surface area contributed by atoms with E-state index < -0.39 is 10.0 Å². The molecule has 7 nitrogen and oxygen atoms in total. The second kappa shape index (κ2) is 7.48. The molecule has 1 amide bonds. The Bertz CT molecular complexity index is 1190. The lowest BCUT2D eigenvalue weighted by Gasteiger charge is -2.12. The maximum Gasteiger partial charge on any atom is 0.261 e. The van der Waals surface area contributed by atoms with Crippen LogP contribution in [0.15, 0.2) is 87.9 Å². The Balaban J connectivity index is 1.49. The van der Waals surface area contributed by atoms with Crippen LogP contribution >= 0.6 is 0 Å². The van der Waals surface area contributed by atoms with Gasteiger partial charge in [0.1, 0.15) is 0 Å². The second-order valence-corrected chi connectivity index (χ2v) is 8.29. The highest BCUT2D eigenvalue weighted by atomic mass is 32.2. The summed E-state index contributed by atoms with van der Waals surface area (Å²) in [6, 6.07) is 20.6. The van der Waals surface area contributed by atoms with E-state index in [2.05, 4.69) is 15.0 Å². The second-order valence-electron chi connectivity index (χ2n) is 6.61. The minimum absolute atomic E-state index is 0.0530. The summed E-state index contributed by atoms with van der Waals surface area (Å²) in [5.41, 5.74) is 3.20. The lowest BCUT2D eigenvalue weighted by Crippen LogP contribution is -2.20. The van der Waals surface area contributed by atoms with Crippen LogP contribution in [0, 0.1) is 0 Å². The number of anilines is 2. The molecule has 4 rings (SSSR count). The van der Waals surface area contributed by atoms with Gasteiger partial charge in [-0.25, -0.2) is 8.42 Å². The molecular weight excluding hydrogens is 388 g/mol. The fourth-order valence-corrected chi connectivity index (χ4v) is 4.14. The minimum atomic E-state index is -3.77. The number of nitrogens with one attached hydrogen (secondary N) is 1. The summed E-state index contributed by atoms with van der Waals surface area (Å²) in [7, 11) is -2.09. The SMILES string of the molecule is CN1C(=O)Cc2cc(S(=O)(=O)Nc3ccc(N=Nc4ccccc4)cc3)ccc21. The van der Waals surface area contributed by atoms with E-state index in [-0.39, 0.29) is 17.2 Å². The normalized spacial score (nSPS) is 13.7. The quantitative estimate of drug-likeness (QED) is 0.636. The van der Waals surface area contributed by atoms with E-state index in [0.717, 1.165) is 11.4 Å². The van der Waals surface area contributed by atoms with Crippen molar-refractivity contribution in [3.63, 3.8) is 0 Å². The maximum atomic E-state index is 12.7. The lowest BCUT2D eigenvalue weighted by atomic mass is 10.2. The van der Waals surface area contributed by atoms with Crippen LogP contribution in [-0.2, 0) is 21.2 Å². The molecule has 0 radical (unpaired) electrons. The van der Waals surface area contributed by atoms with Crippen molar-refractivity contribution in [3.05, 3.63) is 78.4 Å². The topological polar surface area (TPSA) is 91.2 Å². The van der Waals surface area contributed by atoms with Crippen molar-refractivity contribution in [2.75, 3.05) is 16.7 Å². The van der Waals surface area contributed by atoms with Crippen molar-refractivity contribution in [1.82, 2.24) is 0 Å². The molecule has 0 aromatic heterocycles. The predicted molar refractivity (Wildman–Crippen MR) is 111 cm³/mol. The molecule has 0 unspecified atom stereocenters. The number of benzene rings is 3. The van der Waals surface area contributed by atoms with Crippen LogP contribution in [0.3, 0.4) is 0 Å². The Kier molecular flexibility index (Phi) is 4.85. The zero-order valence-corrected chi connectivity index (χ0v) is 16.4. The Labute approximate surface area is 168 Å². The van der Waals surface area contributed by atoms with Crippen LogP contribution in [0.25, 0.3) is 0 Å². The molecule has 1 aliphatic heterocycles. The van der Waals surface area contributed by atoms with Crippen LogP contribution in [0.5, 0.6) is 0 Å². The Morgan fingerprint density at radius 1 is 0.897 bits per heavy atom. The zero-order chi connectivity index (χ0) is 20.4. The Morgan fingerprint density at radius 2 is 1.55 bits per heavy atom. The third-order valence-electron chi connectivity index (χ3n) is 4.60. The van der Waals surface area contributed by atoms with Gasteiger partial charge >= 0.3 is 0 Å². The smallest absolute Gasteiger partial charge is 0.261 e. The molecule has 0 spiro atoms. The standard InChI is InChI=1S/C21H18N4O3S/c1-25-20-12-11-19(13-15(20)14-21(25)26)29(27,28)24-18-9-7-17(8-10-18)23-22-16-5-3-2-4-6-16/h2-13,24H,14H2,1H3. The molecule has 0 atom stereocenters. The summed E-state index contributed by atoms with van der Waals surface area (Å²) < 4.78 is 28.0. The Morgan fingerprint density at radius 3 is 2.24 bits per heavy atom. The van der Waals surface area contributed by atoms with Gasteiger partial charge in [0.25, 0.3) is 10.0 Å². The molecule has 0 bridgehead atoms. The number of azo groups is 1. The van der Waals surface area contributed by atoms with Crippen LogP contribution in [0.4, 0.5) is 22.7 Å². The first-order valence-corrected chi connectivity index (χ1v) is 10.4. The molecule has 1 N–H and O–H groups in total. The minimum Gasteiger partial charge on any atom is -0.315 e. The van der Waals surface area contributed by atoms with Gasteiger partial charge in [0.05, 0.1) is 22.7 Å². The molecular formula is C21H18N4O3S. The third-order valence-corrected chi connectivity index (χ3v) is 5.97. The van der Waals surface area contributed by atoms with Crippen molar-refractivity contribution in [3.8, 4) is 0 Å². The number of likely N-dealkylation sites (N-methyl/N-ethyl adjacent to an activating group) is 1. The van der Waals surface area contributed by atoms with E-state index in [9.17, 15) is 13.2 Å². The number of amides is 1. The first-order valence-electron chi connectivity index (χ1n) is 8.91. The van der Waals surface area contributed by atoms with Gasteiger partial charge in [-0.1, -0.05) is 18.2 Å². The van der Waals surface area contributed by atoms with Gasteiger partial charge in [0.15, 0.2) is 0 Å². The van der Waals surface area contributed by atoms with Gasteiger partial charge in [0, 0.05) is 18.4 Å². The van der Waals surface area contributed by atoms with Gasteiger partial charge in [-0.15, -0.1) is 0 Å². The van der Waals surface area contributed by atoms with E-state index in [1.165, 1.54) is 11.0 Å². The van der Waals surface area contributed by atoms with Crippen molar-refractivity contribution < 1.29 is 13.2 Å². The maximum absolute atomic E-state index is 12.7. The molecule has 8 heteroatoms. The number of rotatable bonds is 5. The van der Waals surface area contributed by atoms with E-state index >= 15 is 0 Å². The summed E-state index contributed by atoms with van der Waals surface area (Å²) >= 11 is 0. The van der Waals surface area contributed by atoms with Gasteiger partial charge < -0.3 is 4.90 Å². The predicted octanol–water partition coefficient (Wildman–Crippen LogP) is 4.42. The third kappa shape index (κ3) is 4.02. The van der Waals surface area contributed by atoms with Gasteiger partial charge in [-0.05, 0) is 60.2 Å². The molecule has 146 valence electrons. The number of carbonyl (C=O) groups is 1. The fraction of sp³-hybridized carbons (Fsp3) is 0.0952. The van der Waals surface area contributed by atoms with E-state index in [1.807, 2.05) is 30.3 Å². The molecule has 29 heavy (non-hydrogen) atoms. The molecule has 1 aliphatic rings. The molecule has 0 fully saturated rings. The first-order chi connectivity index (χ1) is 13.9. The number of hydrogen-bond donors (Lipinski definition) is 1. The van der Waals surface area contributed by atoms with Crippen LogP contribution in [0.1, 0.15) is 5.56 Å². The van der Waals surface area contributed by atoms with Crippen LogP contribution in [0.2, 0.25) is 0 Å². The molecule has 1 heterocycles. The fourth-order valence-electron chi connectivity index (χ4n) is 3.03. The highest BCUT2D eigenvalue weighted by molar-refractivity contribution is 7.92. The first kappa shape index (κ1) is 18.8. The van der Waals surface area contributed by atoms with Crippen LogP contribution in [-0.4, -0.2) is 21.4 Å². The highest BCUT2D eigenvalue weighted by Gasteiger charge is 2.26. The summed E-state index contributed by atoms with van der Waals surface area (Å²) in [6.07, 6.45) is 0.205. The zero-order valence-electron chi connectivity index (χ0n) is 15.6. The Hall–Kier alpha value is -3.52. The summed E-state index contributed by atoms with van der Waals surface area (Å²) in [6.45, 7) is 0. The van der Waals surface area contributed by atoms with E-state index in [4.69, 9.17) is 0 Å². The largest absolute Gasteiger partial charge is 0.315 e. The molecule has 0 saturated heterocycles. The summed E-state index contributed by atoms with van der Waals surface area (Å²) in [4.78, 5) is 13.5. The van der Waals surface area contributed by atoms with Gasteiger partial charge in [-0.3, -0.25) is 9.52 Å². The average Bonchev–Trinajstić information content (AvgIpc) is 3.01. The van der Waals surface area contributed by atoms with Crippen molar-refractivity contribution in [1.29, 1.82) is 0 Å². The number of hydrogen-bond acceptors (Lipinski definition) is 5. The molecule has 0 aliphatic carbocycles. The van der Waals surface area contributed by atoms with Gasteiger partial charge in [-0.2, -0.15) is 10.2 Å². The average molecular weight is 406 g/mol. The molecule has 3 aromatic rings. The van der Waals surface area contributed by atoms with Gasteiger partial charge in [0.2, 0.25) is 5.91 Å². The van der Waals surface area contributed by atoms with E-state index in [0.29, 0.717) is 16.9 Å². The van der Waals surface area contributed by atoms with Crippen molar-refractivity contribution >= 4 is 38.7 Å². The number of fused-ring (bicyclic) bond motifs is 1. The summed E-state index contributed by atoms with van der Waals surface area (Å²) in [5, 5.41) is 8.27. The summed E-state index contributed by atoms with van der Waals surface area (Å²) in [5.74, 6) is -0.0530. The number of carbonyl (C=O) groups excluding carboxylic acids is 1. The van der Waals surface area contributed by atoms with Crippen molar-refractivity contribution in [2.45, 2.75) is 11.3 Å². The highest BCUT2D eigenvalue weighted by Crippen LogP contribution is 2.30. The monoisotopic (exact) mass is 406 g/mol. The van der Waals surface area contributed by atoms with Crippen LogP contribution < -0.4 is 9.62 Å². The molecule has 0 saturated carbocycles. The molecule has 3 aromatic carbocycles. The van der Waals surface area contributed by atoms with E-state index in [1.54, 1.807) is 43.4 Å². The number of sulfonamides is 1. The number of nitrogens with zero attached hydrogens (tertiary/aromatic N) is 3. The lowest BCUT2D eigenvalue weighted by molar-refractivity contribution is -0.117.